The second-order valence-electron chi connectivity index (χ2n) is 11.7. The van der Waals surface area contributed by atoms with Crippen molar-refractivity contribution >= 4 is 34.4 Å². The van der Waals surface area contributed by atoms with E-state index >= 15 is 0 Å². The number of alkyl halides is 1. The van der Waals surface area contributed by atoms with Crippen LogP contribution < -0.4 is 15.4 Å². The molecule has 4 heterocycles. The molecule has 0 spiro atoms. The molecular weight excluding hydrogens is 550 g/mol. The number of pyridine rings is 1. The lowest BCUT2D eigenvalue weighted by Gasteiger charge is -2.30. The summed E-state index contributed by atoms with van der Waals surface area (Å²) >= 11 is 6.84. The number of rotatable bonds is 9. The van der Waals surface area contributed by atoms with E-state index in [2.05, 4.69) is 50.3 Å². The van der Waals surface area contributed by atoms with Crippen LogP contribution in [0.1, 0.15) is 42.7 Å². The molecule has 214 valence electrons. The number of benzene rings is 1. The molecule has 1 aromatic carbocycles. The fourth-order valence-electron chi connectivity index (χ4n) is 7.04. The van der Waals surface area contributed by atoms with E-state index in [0.717, 1.165) is 31.4 Å². The Labute approximate surface area is 241 Å². The van der Waals surface area contributed by atoms with Gasteiger partial charge in [-0.2, -0.15) is 9.97 Å². The van der Waals surface area contributed by atoms with Crippen molar-refractivity contribution in [3.05, 3.63) is 52.8 Å². The Kier molecular flexibility index (Phi) is 6.58. The first kappa shape index (κ1) is 26.5. The number of hydrogen-bond acceptors (Lipinski definition) is 7. The maximum atomic E-state index is 14.3. The van der Waals surface area contributed by atoms with Crippen LogP contribution >= 0.6 is 11.6 Å². The van der Waals surface area contributed by atoms with Crippen molar-refractivity contribution in [3.63, 3.8) is 0 Å². The molecular formula is C30H31ClF2N6O2. The third-order valence-electron chi connectivity index (χ3n) is 9.03. The number of carbonyl (C=O) groups excluding carboxylic acids is 1. The summed E-state index contributed by atoms with van der Waals surface area (Å²) in [6.45, 7) is 4.97. The Morgan fingerprint density at radius 2 is 2.15 bits per heavy atom. The predicted molar refractivity (Wildman–Crippen MR) is 153 cm³/mol. The number of nitrogens with one attached hydrogen (secondary N) is 2. The molecule has 2 aliphatic heterocycles. The molecule has 2 N–H and O–H groups in total. The van der Waals surface area contributed by atoms with Gasteiger partial charge in [0.25, 0.3) is 5.91 Å². The van der Waals surface area contributed by atoms with E-state index in [0.29, 0.717) is 52.4 Å². The van der Waals surface area contributed by atoms with Gasteiger partial charge in [0.1, 0.15) is 18.6 Å². The van der Waals surface area contributed by atoms with E-state index < -0.39 is 17.9 Å². The number of nitrogens with zero attached hydrogens (tertiary/aromatic N) is 4. The number of fused-ring (bicyclic) bond motifs is 5. The van der Waals surface area contributed by atoms with Crippen LogP contribution in [0.4, 0.5) is 14.6 Å². The largest absolute Gasteiger partial charge is 0.461 e. The van der Waals surface area contributed by atoms with E-state index in [1.54, 1.807) is 6.07 Å². The quantitative estimate of drug-likeness (QED) is 0.273. The van der Waals surface area contributed by atoms with Crippen molar-refractivity contribution < 1.29 is 18.3 Å². The van der Waals surface area contributed by atoms with E-state index in [1.807, 2.05) is 0 Å². The maximum Gasteiger partial charge on any atom is 0.320 e. The van der Waals surface area contributed by atoms with E-state index in [9.17, 15) is 13.6 Å². The molecule has 2 saturated heterocycles. The summed E-state index contributed by atoms with van der Waals surface area (Å²) in [4.78, 5) is 27.9. The van der Waals surface area contributed by atoms with Gasteiger partial charge < -0.3 is 15.4 Å². The van der Waals surface area contributed by atoms with Crippen LogP contribution in [0.15, 0.2) is 36.7 Å². The Morgan fingerprint density at radius 1 is 1.27 bits per heavy atom. The maximum absolute atomic E-state index is 14.3. The highest BCUT2D eigenvalue weighted by Gasteiger charge is 2.49. The lowest BCUT2D eigenvalue weighted by molar-refractivity contribution is -0.118. The minimum Gasteiger partial charge on any atom is -0.461 e. The lowest BCUT2D eigenvalue weighted by atomic mass is 9.95. The summed E-state index contributed by atoms with van der Waals surface area (Å²) in [6.07, 6.45) is 3.74. The highest BCUT2D eigenvalue weighted by atomic mass is 35.5. The zero-order valence-corrected chi connectivity index (χ0v) is 23.3. The number of ether oxygens (including phenoxy) is 1. The molecule has 3 aromatic rings. The lowest BCUT2D eigenvalue weighted by Crippen LogP contribution is -2.43. The normalized spacial score (nSPS) is 26.0. The molecule has 3 unspecified atom stereocenters. The first-order valence-electron chi connectivity index (χ1n) is 14.2. The van der Waals surface area contributed by atoms with Gasteiger partial charge in [0.2, 0.25) is 0 Å². The van der Waals surface area contributed by atoms with E-state index in [1.165, 1.54) is 17.5 Å². The minimum absolute atomic E-state index is 0.131. The van der Waals surface area contributed by atoms with E-state index in [4.69, 9.17) is 21.3 Å². The summed E-state index contributed by atoms with van der Waals surface area (Å²) in [7, 11) is 0. The Balaban J connectivity index is 1.22. The molecule has 1 saturated carbocycles. The number of amides is 1. The molecule has 11 heteroatoms. The zero-order valence-electron chi connectivity index (χ0n) is 22.6. The van der Waals surface area contributed by atoms with Crippen molar-refractivity contribution in [2.45, 2.75) is 49.7 Å². The third kappa shape index (κ3) is 4.80. The average molecular weight is 581 g/mol. The number of carbonyl (C=O) groups is 1. The number of anilines is 1. The van der Waals surface area contributed by atoms with Crippen molar-refractivity contribution in [3.8, 4) is 17.3 Å². The SMILES string of the molecule is C=C(F)C(=O)NCCNc1nc(OCC23CCCN2C[C@H](F)C3)nc2nc(-c3cccc4c3C3CC3C4)c(Cl)cc12. The Hall–Kier alpha value is -3.37. The van der Waals surface area contributed by atoms with Crippen LogP contribution in [-0.4, -0.2) is 70.3 Å². The molecule has 0 bridgehead atoms. The molecule has 3 fully saturated rings. The molecule has 8 nitrogen and oxygen atoms in total. The Bertz CT molecular complexity index is 1570. The van der Waals surface area contributed by atoms with Gasteiger partial charge >= 0.3 is 6.01 Å². The van der Waals surface area contributed by atoms with Crippen molar-refractivity contribution in [2.75, 3.05) is 38.1 Å². The van der Waals surface area contributed by atoms with E-state index in [-0.39, 0.29) is 31.2 Å². The standard InChI is InChI=1S/C30H31ClF2N6O2/c1-16(32)28(40)35-8-7-34-26-22-12-23(31)25(20-5-2-4-17-10-18-11-21(18)24(17)20)36-27(22)38-29(37-26)41-15-30-6-3-9-39(30)14-19(33)13-30/h2,4-5,12,18-19,21H,1,3,6-11,13-15H2,(H,35,40)(H,34,36,37,38)/t18?,19-,21?,30?/m1/s1. The monoisotopic (exact) mass is 580 g/mol. The first-order valence-corrected chi connectivity index (χ1v) is 14.6. The highest BCUT2D eigenvalue weighted by Crippen LogP contribution is 2.58. The van der Waals surface area contributed by atoms with Crippen molar-refractivity contribution in [1.82, 2.24) is 25.2 Å². The van der Waals surface area contributed by atoms with Crippen LogP contribution in [0.5, 0.6) is 6.01 Å². The van der Waals surface area contributed by atoms with Gasteiger partial charge in [-0.1, -0.05) is 36.4 Å². The zero-order chi connectivity index (χ0) is 28.3. The molecule has 7 rings (SSSR count). The smallest absolute Gasteiger partial charge is 0.320 e. The minimum atomic E-state index is -1.05. The molecule has 0 radical (unpaired) electrons. The highest BCUT2D eigenvalue weighted by molar-refractivity contribution is 6.34. The number of aromatic nitrogens is 3. The first-order chi connectivity index (χ1) is 19.8. The van der Waals surface area contributed by atoms with Crippen molar-refractivity contribution in [1.29, 1.82) is 0 Å². The van der Waals surface area contributed by atoms with Crippen molar-refractivity contribution in [2.24, 2.45) is 5.92 Å². The predicted octanol–water partition coefficient (Wildman–Crippen LogP) is 4.97. The topological polar surface area (TPSA) is 92.3 Å². The van der Waals surface area contributed by atoms with Crippen LogP contribution in [0.2, 0.25) is 5.02 Å². The van der Waals surface area contributed by atoms with Gasteiger partial charge in [0.15, 0.2) is 11.5 Å². The Morgan fingerprint density at radius 3 is 3.00 bits per heavy atom. The molecule has 2 aliphatic carbocycles. The third-order valence-corrected chi connectivity index (χ3v) is 9.32. The van der Waals surface area contributed by atoms with Crippen LogP contribution in [0.25, 0.3) is 22.3 Å². The summed E-state index contributed by atoms with van der Waals surface area (Å²) in [5.74, 6) is -0.215. The molecule has 1 amide bonds. The summed E-state index contributed by atoms with van der Waals surface area (Å²) in [5, 5.41) is 6.70. The van der Waals surface area contributed by atoms with Crippen LogP contribution in [0.3, 0.4) is 0 Å². The van der Waals surface area contributed by atoms with Gasteiger partial charge in [-0.25, -0.2) is 13.8 Å². The van der Waals surface area contributed by atoms with Gasteiger partial charge in [-0.3, -0.25) is 9.69 Å². The van der Waals surface area contributed by atoms with Crippen LogP contribution in [0, 0.1) is 5.92 Å². The fourth-order valence-corrected chi connectivity index (χ4v) is 7.30. The second-order valence-corrected chi connectivity index (χ2v) is 12.1. The van der Waals surface area contributed by atoms with Gasteiger partial charge in [-0.15, -0.1) is 0 Å². The summed E-state index contributed by atoms with van der Waals surface area (Å²) < 4.78 is 33.5. The summed E-state index contributed by atoms with van der Waals surface area (Å²) in [6, 6.07) is 8.24. The number of hydrogen-bond donors (Lipinski definition) is 2. The molecule has 4 aliphatic rings. The fraction of sp³-hybridized carbons (Fsp3) is 0.467. The van der Waals surface area contributed by atoms with Gasteiger partial charge in [0, 0.05) is 31.6 Å². The van der Waals surface area contributed by atoms with Gasteiger partial charge in [0.05, 0.1) is 21.6 Å². The van der Waals surface area contributed by atoms with Crippen LogP contribution in [-0.2, 0) is 11.2 Å². The average Bonchev–Trinajstić information content (AvgIpc) is 3.27. The molecule has 2 aromatic heterocycles. The molecule has 41 heavy (non-hydrogen) atoms. The summed E-state index contributed by atoms with van der Waals surface area (Å²) in [5.41, 5.74) is 4.46. The second kappa shape index (κ2) is 10.2. The molecule has 4 atom stereocenters. The van der Waals surface area contributed by atoms with Gasteiger partial charge in [-0.05, 0) is 61.3 Å². The number of halogens is 3.